The second kappa shape index (κ2) is 12.7. The van der Waals surface area contributed by atoms with Crippen molar-refractivity contribution in [2.45, 2.75) is 57.5 Å². The Bertz CT molecular complexity index is 1750. The number of rotatable bonds is 11. The Kier molecular flexibility index (Phi) is 8.53. The first-order valence-electron chi connectivity index (χ1n) is 16.8. The van der Waals surface area contributed by atoms with E-state index in [-0.39, 0.29) is 23.9 Å². The van der Waals surface area contributed by atoms with Gasteiger partial charge in [-0.05, 0) is 75.7 Å². The van der Waals surface area contributed by atoms with Gasteiger partial charge in [0, 0.05) is 54.9 Å². The number of aromatic nitrogens is 2. The van der Waals surface area contributed by atoms with Crippen molar-refractivity contribution in [3.63, 3.8) is 0 Å². The molecule has 3 amide bonds. The molecular formula is C35H44FN7O5. The Morgan fingerprint density at radius 1 is 1.06 bits per heavy atom. The Morgan fingerprint density at radius 2 is 1.90 bits per heavy atom. The zero-order valence-electron chi connectivity index (χ0n) is 28.2. The fourth-order valence-electron chi connectivity index (χ4n) is 7.66. The van der Waals surface area contributed by atoms with Gasteiger partial charge in [-0.2, -0.15) is 9.97 Å². The maximum absolute atomic E-state index is 15.2. The lowest BCUT2D eigenvalue weighted by molar-refractivity contribution is -0.124. The summed E-state index contributed by atoms with van der Waals surface area (Å²) in [5, 5.41) is 7.06. The van der Waals surface area contributed by atoms with Crippen LogP contribution in [-0.4, -0.2) is 93.1 Å². The largest absolute Gasteiger partial charge is 0.467 e. The van der Waals surface area contributed by atoms with E-state index in [1.165, 1.54) is 6.07 Å². The predicted molar refractivity (Wildman–Crippen MR) is 179 cm³/mol. The van der Waals surface area contributed by atoms with Crippen molar-refractivity contribution < 1.29 is 28.2 Å². The van der Waals surface area contributed by atoms with Gasteiger partial charge in [-0.3, -0.25) is 10.1 Å². The fraction of sp³-hybridized carbons (Fsp3) is 0.543. The minimum Gasteiger partial charge on any atom is -0.467 e. The van der Waals surface area contributed by atoms with Crippen molar-refractivity contribution in [3.05, 3.63) is 46.9 Å². The third kappa shape index (κ3) is 6.09. The smallest absolute Gasteiger partial charge is 0.322 e. The summed E-state index contributed by atoms with van der Waals surface area (Å²) in [7, 11) is 5.72. The van der Waals surface area contributed by atoms with E-state index in [4.69, 9.17) is 24.2 Å². The number of urea groups is 1. The van der Waals surface area contributed by atoms with Crippen molar-refractivity contribution >= 4 is 34.2 Å². The maximum Gasteiger partial charge on any atom is 0.322 e. The average Bonchev–Trinajstić information content (AvgIpc) is 3.77. The number of nitrogens with zero attached hydrogens (tertiary/aromatic N) is 5. The van der Waals surface area contributed by atoms with Gasteiger partial charge in [-0.25, -0.2) is 9.18 Å². The molecule has 3 aromatic rings. The Labute approximate surface area is 279 Å². The molecule has 2 aromatic carbocycles. The van der Waals surface area contributed by atoms with Crippen LogP contribution in [-0.2, 0) is 28.9 Å². The Hall–Kier alpha value is -4.23. The summed E-state index contributed by atoms with van der Waals surface area (Å²) >= 11 is 0. The van der Waals surface area contributed by atoms with Gasteiger partial charge in [-0.15, -0.1) is 0 Å². The van der Waals surface area contributed by atoms with E-state index in [1.807, 2.05) is 19.1 Å². The molecule has 1 unspecified atom stereocenters. The lowest BCUT2D eigenvalue weighted by Gasteiger charge is -2.40. The predicted octanol–water partition coefficient (Wildman–Crippen LogP) is 3.78. The van der Waals surface area contributed by atoms with E-state index in [0.29, 0.717) is 75.8 Å². The van der Waals surface area contributed by atoms with Crippen molar-refractivity contribution in [1.82, 2.24) is 25.5 Å². The lowest BCUT2D eigenvalue weighted by atomic mass is 9.88. The fourth-order valence-corrected chi connectivity index (χ4v) is 7.66. The van der Waals surface area contributed by atoms with Gasteiger partial charge >= 0.3 is 12.0 Å². The van der Waals surface area contributed by atoms with Crippen LogP contribution in [0.5, 0.6) is 11.8 Å². The molecule has 4 heterocycles. The Morgan fingerprint density at radius 3 is 2.60 bits per heavy atom. The highest BCUT2D eigenvalue weighted by atomic mass is 19.1. The second-order valence-electron chi connectivity index (χ2n) is 13.9. The molecule has 1 saturated carbocycles. The molecule has 12 nitrogen and oxygen atoms in total. The van der Waals surface area contributed by atoms with Gasteiger partial charge in [-0.1, -0.05) is 13.0 Å². The monoisotopic (exact) mass is 661 g/mol. The quantitative estimate of drug-likeness (QED) is 0.232. The summed E-state index contributed by atoms with van der Waals surface area (Å²) in [4.78, 5) is 41.6. The van der Waals surface area contributed by atoms with Crippen LogP contribution in [0.15, 0.2) is 24.3 Å². The van der Waals surface area contributed by atoms with Crippen LogP contribution in [0.2, 0.25) is 0 Å². The SMILES string of the molecule is CCc1c(F)ccc2cc(OCOC)cc(N3CCc4c(nc(OCC5(CN(C)C)CC5)nc4N4CCCC5(C4)NC(=O)NC5=O)C3)c12. The number of imide groups is 1. The van der Waals surface area contributed by atoms with Gasteiger partial charge in [0.15, 0.2) is 6.79 Å². The standard InChI is InChI=1S/C35H44FN7O5/c1-5-24-26(36)8-7-22-15-23(48-21-46-4)16-28(29(22)24)42-14-9-25-27(17-42)37-33(47-20-34(11-12-34)18-41(2)3)38-30(25)43-13-6-10-35(19-43)31(44)39-32(45)40-35/h7-8,15-16H,5-6,9-14,17-21H2,1-4H3,(H2,39,40,44,45). The van der Waals surface area contributed by atoms with E-state index in [2.05, 4.69) is 39.4 Å². The number of hydrogen-bond acceptors (Lipinski definition) is 10. The molecule has 4 aliphatic rings. The summed E-state index contributed by atoms with van der Waals surface area (Å²) in [5.41, 5.74) is 2.43. The van der Waals surface area contributed by atoms with Crippen LogP contribution >= 0.6 is 0 Å². The van der Waals surface area contributed by atoms with Gasteiger partial charge in [0.25, 0.3) is 5.91 Å². The maximum atomic E-state index is 15.2. The number of carbonyl (C=O) groups excluding carboxylic acids is 2. The molecule has 256 valence electrons. The number of piperidine rings is 1. The first kappa shape index (κ1) is 32.3. The third-order valence-electron chi connectivity index (χ3n) is 10.1. The number of ether oxygens (including phenoxy) is 3. The normalized spacial score (nSPS) is 21.5. The van der Waals surface area contributed by atoms with Crippen molar-refractivity contribution in [2.24, 2.45) is 5.41 Å². The van der Waals surface area contributed by atoms with E-state index >= 15 is 4.39 Å². The summed E-state index contributed by atoms with van der Waals surface area (Å²) in [6.07, 6.45) is 4.61. The number of amides is 3. The lowest BCUT2D eigenvalue weighted by Crippen LogP contribution is -2.59. The summed E-state index contributed by atoms with van der Waals surface area (Å²) in [6.45, 7) is 5.57. The highest BCUT2D eigenvalue weighted by Gasteiger charge is 2.49. The van der Waals surface area contributed by atoms with Crippen molar-refractivity contribution in [3.8, 4) is 11.8 Å². The van der Waals surface area contributed by atoms with Gasteiger partial charge in [0.05, 0.1) is 25.4 Å². The number of hydrogen-bond donors (Lipinski definition) is 2. The molecule has 1 aliphatic carbocycles. The van der Waals surface area contributed by atoms with Gasteiger partial charge in [0.2, 0.25) is 0 Å². The highest BCUT2D eigenvalue weighted by molar-refractivity contribution is 6.07. The molecule has 1 atom stereocenters. The number of nitrogens with one attached hydrogen (secondary N) is 2. The van der Waals surface area contributed by atoms with E-state index in [0.717, 1.165) is 52.9 Å². The molecule has 0 bridgehead atoms. The van der Waals surface area contributed by atoms with Crippen LogP contribution in [0.1, 0.15) is 49.4 Å². The molecule has 1 aromatic heterocycles. The molecule has 1 spiro atoms. The third-order valence-corrected chi connectivity index (χ3v) is 10.1. The number of fused-ring (bicyclic) bond motifs is 2. The number of methoxy groups -OCH3 is 1. The molecule has 3 aliphatic heterocycles. The highest BCUT2D eigenvalue weighted by Crippen LogP contribution is 2.46. The number of carbonyl (C=O) groups is 2. The number of anilines is 2. The minimum atomic E-state index is -0.999. The number of halogens is 1. The summed E-state index contributed by atoms with van der Waals surface area (Å²) in [6, 6.07) is 7.03. The average molecular weight is 662 g/mol. The van der Waals surface area contributed by atoms with Crippen LogP contribution in [0.25, 0.3) is 10.8 Å². The minimum absolute atomic E-state index is 0.0819. The number of aryl methyl sites for hydroxylation is 1. The van der Waals surface area contributed by atoms with Crippen LogP contribution in [0.4, 0.5) is 20.7 Å². The topological polar surface area (TPSA) is 121 Å². The molecule has 3 fully saturated rings. The van der Waals surface area contributed by atoms with E-state index in [9.17, 15) is 9.59 Å². The van der Waals surface area contributed by atoms with Crippen molar-refractivity contribution in [1.29, 1.82) is 0 Å². The van der Waals surface area contributed by atoms with Crippen LogP contribution in [0.3, 0.4) is 0 Å². The molecular weight excluding hydrogens is 617 g/mol. The van der Waals surface area contributed by atoms with E-state index in [1.54, 1.807) is 13.2 Å². The van der Waals surface area contributed by atoms with E-state index < -0.39 is 11.6 Å². The number of benzene rings is 2. The summed E-state index contributed by atoms with van der Waals surface area (Å²) in [5.74, 6) is 0.839. The molecule has 0 radical (unpaired) electrons. The molecule has 48 heavy (non-hydrogen) atoms. The molecule has 2 saturated heterocycles. The first-order valence-corrected chi connectivity index (χ1v) is 16.8. The van der Waals surface area contributed by atoms with Gasteiger partial charge < -0.3 is 34.2 Å². The van der Waals surface area contributed by atoms with Crippen molar-refractivity contribution in [2.75, 3.05) is 70.6 Å². The van der Waals surface area contributed by atoms with Crippen LogP contribution in [0, 0.1) is 11.2 Å². The van der Waals surface area contributed by atoms with Crippen LogP contribution < -0.4 is 29.9 Å². The molecule has 2 N–H and O–H groups in total. The molecule has 13 heteroatoms. The zero-order valence-corrected chi connectivity index (χ0v) is 28.2. The zero-order chi connectivity index (χ0) is 33.6. The second-order valence-corrected chi connectivity index (χ2v) is 13.9. The first-order chi connectivity index (χ1) is 23.1. The summed E-state index contributed by atoms with van der Waals surface area (Å²) < 4.78 is 32.6. The van der Waals surface area contributed by atoms with Gasteiger partial charge in [0.1, 0.15) is 22.9 Å². The Balaban J connectivity index is 1.27. The molecule has 7 rings (SSSR count).